The summed E-state index contributed by atoms with van der Waals surface area (Å²) < 4.78 is 13.8. The van der Waals surface area contributed by atoms with Gasteiger partial charge in [-0.15, -0.1) is 0 Å². The first-order valence-electron chi connectivity index (χ1n) is 11.3. The van der Waals surface area contributed by atoms with E-state index in [4.69, 9.17) is 5.73 Å². The maximum absolute atomic E-state index is 13.1. The molecule has 1 saturated carbocycles. The van der Waals surface area contributed by atoms with Crippen LogP contribution in [0.2, 0.25) is 0 Å². The zero-order chi connectivity index (χ0) is 23.1. The molecule has 2 amide bonds. The van der Waals surface area contributed by atoms with Gasteiger partial charge in [0.05, 0.1) is 12.4 Å². The summed E-state index contributed by atoms with van der Waals surface area (Å²) in [6.45, 7) is -0.0204. The van der Waals surface area contributed by atoms with Crippen LogP contribution < -0.4 is 11.3 Å². The first-order chi connectivity index (χ1) is 15.9. The SMILES string of the molecule is NC(=O)c1nn2c(=O)cc(-c3ccc(CC4CCCC4)cc3)[nH]c2c1C(=O)N1CC(CF)C1. The minimum atomic E-state index is -0.907. The number of primary amides is 1. The number of aromatic amines is 1. The summed E-state index contributed by atoms with van der Waals surface area (Å²) in [5, 5.41) is 4.00. The molecule has 1 saturated heterocycles. The summed E-state index contributed by atoms with van der Waals surface area (Å²) in [6, 6.07) is 9.39. The Labute approximate surface area is 189 Å². The van der Waals surface area contributed by atoms with Crippen molar-refractivity contribution in [3.63, 3.8) is 0 Å². The van der Waals surface area contributed by atoms with Crippen LogP contribution in [0, 0.1) is 11.8 Å². The van der Waals surface area contributed by atoms with Gasteiger partial charge in [0, 0.05) is 25.1 Å². The van der Waals surface area contributed by atoms with Crippen molar-refractivity contribution < 1.29 is 14.0 Å². The summed E-state index contributed by atoms with van der Waals surface area (Å²) in [5.74, 6) is -0.887. The zero-order valence-electron chi connectivity index (χ0n) is 18.2. The fourth-order valence-corrected chi connectivity index (χ4v) is 4.93. The largest absolute Gasteiger partial charge is 0.364 e. The van der Waals surface area contributed by atoms with Crippen LogP contribution in [0.25, 0.3) is 16.9 Å². The van der Waals surface area contributed by atoms with Gasteiger partial charge < -0.3 is 15.6 Å². The van der Waals surface area contributed by atoms with Crippen molar-refractivity contribution in [2.45, 2.75) is 32.1 Å². The number of halogens is 1. The van der Waals surface area contributed by atoms with Gasteiger partial charge >= 0.3 is 0 Å². The third kappa shape index (κ3) is 3.92. The molecule has 1 aromatic carbocycles. The van der Waals surface area contributed by atoms with E-state index in [1.165, 1.54) is 42.2 Å². The standard InChI is InChI=1S/C24H26FN5O3/c25-11-16-12-29(13-16)24(33)20-21(22(26)32)28-30-19(31)10-18(27-23(20)30)17-7-5-15(6-8-17)9-14-3-1-2-4-14/h5-8,10,14,16,27H,1-4,9,11-13H2,(H2,26,32). The molecule has 2 fully saturated rings. The lowest BCUT2D eigenvalue weighted by atomic mass is 9.97. The van der Waals surface area contributed by atoms with Crippen LogP contribution in [-0.2, 0) is 6.42 Å². The Morgan fingerprint density at radius 1 is 1.12 bits per heavy atom. The average Bonchev–Trinajstić information content (AvgIpc) is 3.41. The number of nitrogens with zero attached hydrogens (tertiary/aromatic N) is 3. The Morgan fingerprint density at radius 3 is 2.45 bits per heavy atom. The molecule has 3 aromatic rings. The number of rotatable bonds is 6. The molecule has 172 valence electrons. The third-order valence-corrected chi connectivity index (χ3v) is 6.79. The second kappa shape index (κ2) is 8.46. The molecule has 0 atom stereocenters. The van der Waals surface area contributed by atoms with Gasteiger partial charge in [0.15, 0.2) is 11.3 Å². The molecule has 3 N–H and O–H groups in total. The van der Waals surface area contributed by atoms with E-state index in [1.807, 2.05) is 12.1 Å². The smallest absolute Gasteiger partial charge is 0.274 e. The number of benzene rings is 1. The molecule has 0 spiro atoms. The van der Waals surface area contributed by atoms with Gasteiger partial charge in [0.1, 0.15) is 5.56 Å². The normalized spacial score (nSPS) is 16.9. The monoisotopic (exact) mass is 451 g/mol. The van der Waals surface area contributed by atoms with Crippen LogP contribution in [-0.4, -0.2) is 51.1 Å². The molecular weight excluding hydrogens is 425 g/mol. The molecule has 33 heavy (non-hydrogen) atoms. The minimum absolute atomic E-state index is 0.0587. The van der Waals surface area contributed by atoms with E-state index in [2.05, 4.69) is 22.2 Å². The van der Waals surface area contributed by atoms with Gasteiger partial charge in [-0.1, -0.05) is 49.9 Å². The number of aromatic nitrogens is 3. The lowest BCUT2D eigenvalue weighted by Gasteiger charge is -2.37. The van der Waals surface area contributed by atoms with E-state index in [0.717, 1.165) is 22.4 Å². The maximum atomic E-state index is 13.1. The van der Waals surface area contributed by atoms with Crippen molar-refractivity contribution >= 4 is 17.5 Å². The summed E-state index contributed by atoms with van der Waals surface area (Å²) in [6.07, 6.45) is 6.20. The van der Waals surface area contributed by atoms with Crippen LogP contribution in [0.1, 0.15) is 52.1 Å². The maximum Gasteiger partial charge on any atom is 0.274 e. The minimum Gasteiger partial charge on any atom is -0.364 e. The first kappa shape index (κ1) is 21.4. The average molecular weight is 452 g/mol. The van der Waals surface area contributed by atoms with Crippen LogP contribution >= 0.6 is 0 Å². The quantitative estimate of drug-likeness (QED) is 0.600. The van der Waals surface area contributed by atoms with E-state index in [0.29, 0.717) is 5.69 Å². The molecule has 9 heteroatoms. The summed E-state index contributed by atoms with van der Waals surface area (Å²) in [7, 11) is 0. The predicted octanol–water partition coefficient (Wildman–Crippen LogP) is 2.56. The molecule has 2 aromatic heterocycles. The highest BCUT2D eigenvalue weighted by Gasteiger charge is 2.35. The van der Waals surface area contributed by atoms with Gasteiger partial charge in [-0.25, -0.2) is 0 Å². The Kier molecular flexibility index (Phi) is 5.47. The second-order valence-electron chi connectivity index (χ2n) is 9.15. The number of hydrogen-bond donors (Lipinski definition) is 2. The molecule has 5 rings (SSSR count). The number of nitrogens with one attached hydrogen (secondary N) is 1. The number of H-pyrrole nitrogens is 1. The van der Waals surface area contributed by atoms with Crippen molar-refractivity contribution in [2.75, 3.05) is 19.8 Å². The zero-order valence-corrected chi connectivity index (χ0v) is 18.2. The number of hydrogen-bond acceptors (Lipinski definition) is 4. The van der Waals surface area contributed by atoms with Crippen LogP contribution in [0.3, 0.4) is 0 Å². The van der Waals surface area contributed by atoms with E-state index in [1.54, 1.807) is 0 Å². The first-order valence-corrected chi connectivity index (χ1v) is 11.3. The van der Waals surface area contributed by atoms with Crippen LogP contribution in [0.5, 0.6) is 0 Å². The molecule has 0 unspecified atom stereocenters. The molecule has 1 aliphatic carbocycles. The number of alkyl halides is 1. The van der Waals surface area contributed by atoms with E-state index < -0.39 is 24.0 Å². The highest BCUT2D eigenvalue weighted by Crippen LogP contribution is 2.29. The van der Waals surface area contributed by atoms with E-state index >= 15 is 0 Å². The summed E-state index contributed by atoms with van der Waals surface area (Å²) >= 11 is 0. The Morgan fingerprint density at radius 2 is 1.82 bits per heavy atom. The molecule has 0 radical (unpaired) electrons. The number of amides is 2. The predicted molar refractivity (Wildman–Crippen MR) is 121 cm³/mol. The van der Waals surface area contributed by atoms with E-state index in [-0.39, 0.29) is 35.9 Å². The summed E-state index contributed by atoms with van der Waals surface area (Å²) in [4.78, 5) is 42.4. The number of fused-ring (bicyclic) bond motifs is 1. The molecule has 8 nitrogen and oxygen atoms in total. The molecule has 3 heterocycles. The number of carbonyl (C=O) groups excluding carboxylic acids is 2. The van der Waals surface area contributed by atoms with Crippen LogP contribution in [0.4, 0.5) is 4.39 Å². The Hall–Kier alpha value is -3.49. The van der Waals surface area contributed by atoms with Gasteiger partial charge in [-0.2, -0.15) is 9.61 Å². The van der Waals surface area contributed by atoms with Crippen molar-refractivity contribution in [3.05, 3.63) is 57.5 Å². The van der Waals surface area contributed by atoms with Crippen molar-refractivity contribution in [1.82, 2.24) is 19.5 Å². The molecular formula is C24H26FN5O3. The lowest BCUT2D eigenvalue weighted by molar-refractivity contribution is 0.0452. The van der Waals surface area contributed by atoms with Crippen molar-refractivity contribution in [3.8, 4) is 11.3 Å². The molecule has 2 aliphatic rings. The Bertz CT molecular complexity index is 1270. The lowest BCUT2D eigenvalue weighted by Crippen LogP contribution is -2.51. The van der Waals surface area contributed by atoms with Crippen LogP contribution in [0.15, 0.2) is 35.1 Å². The van der Waals surface area contributed by atoms with Crippen molar-refractivity contribution in [1.29, 1.82) is 0 Å². The summed E-state index contributed by atoms with van der Waals surface area (Å²) in [5.41, 5.74) is 7.28. The second-order valence-corrected chi connectivity index (χ2v) is 9.15. The fraction of sp³-hybridized carbons (Fsp3) is 0.417. The topological polar surface area (TPSA) is 114 Å². The highest BCUT2D eigenvalue weighted by atomic mass is 19.1. The highest BCUT2D eigenvalue weighted by molar-refractivity contribution is 6.10. The number of nitrogens with two attached hydrogens (primary N) is 1. The Balaban J connectivity index is 1.51. The fourth-order valence-electron chi connectivity index (χ4n) is 4.93. The molecule has 1 aliphatic heterocycles. The van der Waals surface area contributed by atoms with Gasteiger partial charge in [-0.05, 0) is 23.5 Å². The van der Waals surface area contributed by atoms with Crippen molar-refractivity contribution in [2.24, 2.45) is 17.6 Å². The van der Waals surface area contributed by atoms with Gasteiger partial charge in [-0.3, -0.25) is 18.8 Å². The number of carbonyl (C=O) groups is 2. The van der Waals surface area contributed by atoms with E-state index in [9.17, 15) is 18.8 Å². The molecule has 0 bridgehead atoms. The van der Waals surface area contributed by atoms with Gasteiger partial charge in [0.2, 0.25) is 0 Å². The third-order valence-electron chi connectivity index (χ3n) is 6.79. The number of likely N-dealkylation sites (tertiary alicyclic amines) is 1. The van der Waals surface area contributed by atoms with Gasteiger partial charge in [0.25, 0.3) is 17.4 Å².